The summed E-state index contributed by atoms with van der Waals surface area (Å²) < 4.78 is 2.61. The van der Waals surface area contributed by atoms with E-state index in [1.165, 1.54) is 5.56 Å². The normalized spacial score (nSPS) is 11.5. The van der Waals surface area contributed by atoms with Crippen molar-refractivity contribution in [3.63, 3.8) is 0 Å². The van der Waals surface area contributed by atoms with Gasteiger partial charge in [-0.25, -0.2) is 4.98 Å². The first-order valence-electron chi connectivity index (χ1n) is 14.9. The third-order valence-electron chi connectivity index (χ3n) is 8.37. The van der Waals surface area contributed by atoms with Gasteiger partial charge in [-0.3, -0.25) is 14.1 Å². The minimum Gasteiger partial charge on any atom is -0.379 e. The SMILES string of the molecule is CC[N+](CC)(CCNc1ccc(NC(=O)C(=O)c2c(-c3ccccc3)c(C)c3ccccn23)cc1)c1cc(C)cc(C)n1. The number of nitrogens with one attached hydrogen (secondary N) is 2. The summed E-state index contributed by atoms with van der Waals surface area (Å²) in [5, 5.41) is 6.33. The van der Waals surface area contributed by atoms with E-state index in [-0.39, 0.29) is 0 Å². The molecule has 0 aliphatic heterocycles. The van der Waals surface area contributed by atoms with E-state index in [1.54, 1.807) is 0 Å². The van der Waals surface area contributed by atoms with E-state index in [0.717, 1.165) is 70.1 Å². The highest BCUT2D eigenvalue weighted by Gasteiger charge is 2.29. The van der Waals surface area contributed by atoms with Crippen LogP contribution in [0.4, 0.5) is 17.2 Å². The molecule has 3 aromatic heterocycles. The number of anilines is 2. The van der Waals surface area contributed by atoms with Gasteiger partial charge in [-0.15, -0.1) is 0 Å². The molecule has 0 aliphatic carbocycles. The van der Waals surface area contributed by atoms with Gasteiger partial charge in [-0.2, -0.15) is 0 Å². The summed E-state index contributed by atoms with van der Waals surface area (Å²) in [6.45, 7) is 14.1. The third kappa shape index (κ3) is 6.08. The number of carbonyl (C=O) groups is 2. The van der Waals surface area contributed by atoms with Crippen molar-refractivity contribution in [3.8, 4) is 11.1 Å². The zero-order valence-corrected chi connectivity index (χ0v) is 25.6. The van der Waals surface area contributed by atoms with Crippen LogP contribution in [0, 0.1) is 20.8 Å². The van der Waals surface area contributed by atoms with Gasteiger partial charge in [0.1, 0.15) is 12.2 Å². The van der Waals surface area contributed by atoms with Gasteiger partial charge in [-0.05, 0) is 93.8 Å². The molecule has 0 saturated heterocycles. The van der Waals surface area contributed by atoms with Crippen LogP contribution in [-0.4, -0.2) is 47.3 Å². The average molecular weight is 575 g/mol. The summed E-state index contributed by atoms with van der Waals surface area (Å²) in [5.41, 5.74) is 7.68. The maximum atomic E-state index is 13.6. The molecule has 43 heavy (non-hydrogen) atoms. The van der Waals surface area contributed by atoms with Crippen LogP contribution >= 0.6 is 0 Å². The van der Waals surface area contributed by atoms with Crippen molar-refractivity contribution in [2.45, 2.75) is 34.6 Å². The Hall–Kier alpha value is -4.75. The number of ketones is 1. The largest absolute Gasteiger partial charge is 0.379 e. The van der Waals surface area contributed by atoms with Gasteiger partial charge in [-0.1, -0.05) is 36.4 Å². The van der Waals surface area contributed by atoms with Crippen molar-refractivity contribution in [2.24, 2.45) is 0 Å². The van der Waals surface area contributed by atoms with Crippen LogP contribution in [0.5, 0.6) is 0 Å². The van der Waals surface area contributed by atoms with Crippen molar-refractivity contribution >= 4 is 34.4 Å². The molecule has 7 heteroatoms. The van der Waals surface area contributed by atoms with Gasteiger partial charge in [0.25, 0.3) is 11.7 Å². The first-order valence-corrected chi connectivity index (χ1v) is 14.9. The first-order chi connectivity index (χ1) is 20.8. The highest BCUT2D eigenvalue weighted by Crippen LogP contribution is 2.33. The summed E-state index contributed by atoms with van der Waals surface area (Å²) >= 11 is 0. The molecule has 220 valence electrons. The summed E-state index contributed by atoms with van der Waals surface area (Å²) in [6, 6.07) is 27.3. The molecule has 0 bridgehead atoms. The molecule has 1 amide bonds. The molecule has 0 unspecified atom stereocenters. The fourth-order valence-electron chi connectivity index (χ4n) is 5.97. The van der Waals surface area contributed by atoms with E-state index in [9.17, 15) is 9.59 Å². The number of Topliss-reactive ketones (excluding diaryl/α,β-unsaturated/α-hetero) is 1. The number of rotatable bonds is 11. The molecule has 7 nitrogen and oxygen atoms in total. The summed E-state index contributed by atoms with van der Waals surface area (Å²) in [6.07, 6.45) is 1.83. The van der Waals surface area contributed by atoms with Crippen LogP contribution < -0.4 is 15.1 Å². The van der Waals surface area contributed by atoms with E-state index in [4.69, 9.17) is 4.98 Å². The molecule has 3 heterocycles. The molecule has 2 aromatic carbocycles. The van der Waals surface area contributed by atoms with Gasteiger partial charge in [0, 0.05) is 40.4 Å². The Balaban J connectivity index is 1.28. The van der Waals surface area contributed by atoms with Crippen LogP contribution in [0.2, 0.25) is 0 Å². The Morgan fingerprint density at radius 3 is 2.19 bits per heavy atom. The molecular weight excluding hydrogens is 534 g/mol. The standard InChI is InChI=1S/C36H39N5O2/c1-6-41(7-2,32-24-25(3)23-26(4)38-32)22-20-37-29-16-18-30(19-17-29)39-36(43)35(42)34-33(28-13-9-8-10-14-28)27(5)31-15-11-12-21-40(31)34/h8-19,21,23-24H,6-7,20,22H2,1-5H3,(H-,37,39,42,43)/p+1. The van der Waals surface area contributed by atoms with Gasteiger partial charge >= 0.3 is 0 Å². The van der Waals surface area contributed by atoms with Gasteiger partial charge in [0.15, 0.2) is 0 Å². The highest BCUT2D eigenvalue weighted by molar-refractivity contribution is 6.47. The van der Waals surface area contributed by atoms with Crippen molar-refractivity contribution in [2.75, 3.05) is 36.8 Å². The second kappa shape index (κ2) is 12.6. The number of aromatic nitrogens is 2. The minimum atomic E-state index is -0.671. The maximum absolute atomic E-state index is 13.6. The van der Waals surface area contributed by atoms with Crippen molar-refractivity contribution in [1.29, 1.82) is 0 Å². The molecule has 0 fully saturated rings. The Labute approximate surface area is 253 Å². The Bertz CT molecular complexity index is 1730. The Kier molecular flexibility index (Phi) is 8.73. The van der Waals surface area contributed by atoms with Gasteiger partial charge in [0.2, 0.25) is 5.82 Å². The summed E-state index contributed by atoms with van der Waals surface area (Å²) in [4.78, 5) is 31.8. The summed E-state index contributed by atoms with van der Waals surface area (Å²) in [7, 11) is 0. The van der Waals surface area contributed by atoms with Crippen molar-refractivity contribution in [1.82, 2.24) is 13.9 Å². The number of aryl methyl sites for hydroxylation is 3. The topological polar surface area (TPSA) is 75.5 Å². The number of hydrogen-bond acceptors (Lipinski definition) is 4. The molecule has 0 radical (unpaired) electrons. The Morgan fingerprint density at radius 2 is 1.51 bits per heavy atom. The average Bonchev–Trinajstić information content (AvgIpc) is 3.32. The molecule has 0 atom stereocenters. The fraction of sp³-hybridized carbons (Fsp3) is 0.250. The number of fused-ring (bicyclic) bond motifs is 1. The van der Waals surface area contributed by atoms with Crippen molar-refractivity contribution < 1.29 is 9.59 Å². The van der Waals surface area contributed by atoms with E-state index in [2.05, 4.69) is 43.5 Å². The smallest absolute Gasteiger partial charge is 0.298 e. The van der Waals surface area contributed by atoms with Crippen molar-refractivity contribution in [3.05, 3.63) is 114 Å². The lowest BCUT2D eigenvalue weighted by Gasteiger charge is -2.35. The summed E-state index contributed by atoms with van der Waals surface area (Å²) in [5.74, 6) is -0.146. The lowest BCUT2D eigenvalue weighted by Crippen LogP contribution is -2.52. The quantitative estimate of drug-likeness (QED) is 0.0993. The number of hydrogen-bond donors (Lipinski definition) is 2. The van der Waals surface area contributed by atoms with Crippen LogP contribution in [0.3, 0.4) is 0 Å². The second-order valence-electron chi connectivity index (χ2n) is 11.1. The van der Waals surface area contributed by atoms with E-state index in [1.807, 2.05) is 97.2 Å². The number of amides is 1. The fourth-order valence-corrected chi connectivity index (χ4v) is 5.97. The number of carbonyl (C=O) groups excluding carboxylic acids is 2. The molecule has 0 saturated carbocycles. The van der Waals surface area contributed by atoms with Crippen LogP contribution in [0.1, 0.15) is 41.2 Å². The number of benzene rings is 2. The number of nitrogens with zero attached hydrogens (tertiary/aromatic N) is 3. The van der Waals surface area contributed by atoms with E-state index >= 15 is 0 Å². The number of likely N-dealkylation sites (N-methyl/N-ethyl adjacent to an activating group) is 1. The van der Waals surface area contributed by atoms with Crippen LogP contribution in [0.25, 0.3) is 16.6 Å². The molecule has 2 N–H and O–H groups in total. The first kappa shape index (κ1) is 29.7. The minimum absolute atomic E-state index is 0.363. The zero-order chi connectivity index (χ0) is 30.6. The van der Waals surface area contributed by atoms with Gasteiger partial charge < -0.3 is 15.0 Å². The molecule has 5 rings (SSSR count). The predicted octanol–water partition coefficient (Wildman–Crippen LogP) is 7.21. The molecule has 0 aliphatic rings. The van der Waals surface area contributed by atoms with Crippen LogP contribution in [-0.2, 0) is 4.79 Å². The zero-order valence-electron chi connectivity index (χ0n) is 25.6. The van der Waals surface area contributed by atoms with Gasteiger partial charge in [0.05, 0.1) is 19.6 Å². The second-order valence-corrected chi connectivity index (χ2v) is 11.1. The maximum Gasteiger partial charge on any atom is 0.298 e. The lowest BCUT2D eigenvalue weighted by molar-refractivity contribution is -0.112. The lowest BCUT2D eigenvalue weighted by atomic mass is 9.99. The third-order valence-corrected chi connectivity index (χ3v) is 8.37. The Morgan fingerprint density at radius 1 is 0.837 bits per heavy atom. The van der Waals surface area contributed by atoms with Crippen LogP contribution in [0.15, 0.2) is 91.1 Å². The van der Waals surface area contributed by atoms with E-state index in [0.29, 0.717) is 11.4 Å². The monoisotopic (exact) mass is 574 g/mol. The molecule has 5 aromatic rings. The molecular formula is C36H40N5O2+. The number of quaternary nitrogens is 1. The van der Waals surface area contributed by atoms with E-state index < -0.39 is 11.7 Å². The predicted molar refractivity (Wildman–Crippen MR) is 177 cm³/mol. The number of pyridine rings is 2. The highest BCUT2D eigenvalue weighted by atomic mass is 16.2. The molecule has 0 spiro atoms.